The fraction of sp³-hybridized carbons (Fsp3) is 0.467. The molecule has 0 bridgehead atoms. The van der Waals surface area contributed by atoms with Crippen molar-refractivity contribution in [1.29, 1.82) is 0 Å². The maximum Gasteiger partial charge on any atom is 0.328 e. The summed E-state index contributed by atoms with van der Waals surface area (Å²) >= 11 is 5.89. The molecule has 1 aromatic rings. The zero-order chi connectivity index (χ0) is 15.0. The van der Waals surface area contributed by atoms with Crippen LogP contribution in [0.4, 0.5) is 0 Å². The molecule has 1 atom stereocenters. The Hall–Kier alpha value is -1.59. The molecule has 1 saturated heterocycles. The molecule has 1 amide bonds. The Morgan fingerprint density at radius 1 is 1.29 bits per heavy atom. The van der Waals surface area contributed by atoms with Gasteiger partial charge in [-0.3, -0.25) is 4.79 Å². The number of nitrogens with zero attached hydrogens (tertiary/aromatic N) is 1. The Bertz CT molecular complexity index is 568. The lowest BCUT2D eigenvalue weighted by Gasteiger charge is -2.35. The van der Waals surface area contributed by atoms with Gasteiger partial charge in [0.2, 0.25) is 5.91 Å². The van der Waals surface area contributed by atoms with Crippen molar-refractivity contribution >= 4 is 23.5 Å². The first-order valence-electron chi connectivity index (χ1n) is 6.92. The summed E-state index contributed by atoms with van der Waals surface area (Å²) < 4.78 is 5.19. The van der Waals surface area contributed by atoms with Crippen molar-refractivity contribution < 1.29 is 19.4 Å². The third-order valence-electron chi connectivity index (χ3n) is 4.23. The van der Waals surface area contributed by atoms with Gasteiger partial charge in [0.1, 0.15) is 0 Å². The number of morpholine rings is 1. The quantitative estimate of drug-likeness (QED) is 0.922. The fourth-order valence-electron chi connectivity index (χ4n) is 2.85. The van der Waals surface area contributed by atoms with Gasteiger partial charge in [0.05, 0.1) is 18.6 Å². The molecule has 1 heterocycles. The summed E-state index contributed by atoms with van der Waals surface area (Å²) in [6, 6.07) is 6.33. The molecule has 1 aliphatic heterocycles. The second-order valence-corrected chi connectivity index (χ2v) is 5.95. The number of rotatable bonds is 3. The van der Waals surface area contributed by atoms with Crippen LogP contribution >= 0.6 is 11.6 Å². The molecule has 6 heteroatoms. The minimum Gasteiger partial charge on any atom is -0.480 e. The zero-order valence-electron chi connectivity index (χ0n) is 11.4. The van der Waals surface area contributed by atoms with Crippen molar-refractivity contribution in [3.63, 3.8) is 0 Å². The summed E-state index contributed by atoms with van der Waals surface area (Å²) in [5.41, 5.74) is 0.336. The average Bonchev–Trinajstić information content (AvgIpc) is 3.29. The third kappa shape index (κ3) is 2.51. The minimum atomic E-state index is -1.02. The van der Waals surface area contributed by atoms with Crippen molar-refractivity contribution in [2.75, 3.05) is 19.8 Å². The second kappa shape index (κ2) is 5.31. The van der Waals surface area contributed by atoms with E-state index in [9.17, 15) is 14.7 Å². The molecule has 1 aromatic carbocycles. The lowest BCUT2D eigenvalue weighted by Crippen LogP contribution is -2.55. The SMILES string of the molecule is O=C(O)[C@@H]1COCCN1C(=O)C1(c2ccc(Cl)cc2)CC1. The minimum absolute atomic E-state index is 0.0533. The highest BCUT2D eigenvalue weighted by Gasteiger charge is 2.54. The monoisotopic (exact) mass is 309 g/mol. The average molecular weight is 310 g/mol. The first kappa shape index (κ1) is 14.4. The molecule has 3 rings (SSSR count). The molecule has 112 valence electrons. The van der Waals surface area contributed by atoms with Crippen LogP contribution in [0.15, 0.2) is 24.3 Å². The van der Waals surface area contributed by atoms with Gasteiger partial charge in [-0.1, -0.05) is 23.7 Å². The molecule has 2 fully saturated rings. The third-order valence-corrected chi connectivity index (χ3v) is 4.48. The molecule has 1 saturated carbocycles. The van der Waals surface area contributed by atoms with Gasteiger partial charge in [0.25, 0.3) is 0 Å². The molecule has 21 heavy (non-hydrogen) atoms. The van der Waals surface area contributed by atoms with Crippen LogP contribution in [0.25, 0.3) is 0 Å². The van der Waals surface area contributed by atoms with E-state index in [4.69, 9.17) is 16.3 Å². The van der Waals surface area contributed by atoms with Gasteiger partial charge in [0.15, 0.2) is 6.04 Å². The van der Waals surface area contributed by atoms with Crippen LogP contribution in [0.3, 0.4) is 0 Å². The lowest BCUT2D eigenvalue weighted by molar-refractivity contribution is -0.159. The summed E-state index contributed by atoms with van der Waals surface area (Å²) in [5.74, 6) is -1.13. The molecule has 0 unspecified atom stereocenters. The van der Waals surface area contributed by atoms with Crippen LogP contribution in [-0.4, -0.2) is 47.7 Å². The number of aliphatic carboxylic acids is 1. The molecular weight excluding hydrogens is 294 g/mol. The molecule has 0 radical (unpaired) electrons. The van der Waals surface area contributed by atoms with E-state index in [0.29, 0.717) is 18.2 Å². The highest BCUT2D eigenvalue weighted by Crippen LogP contribution is 2.50. The number of halogens is 1. The normalized spacial score (nSPS) is 23.7. The second-order valence-electron chi connectivity index (χ2n) is 5.52. The van der Waals surface area contributed by atoms with Gasteiger partial charge in [-0.2, -0.15) is 0 Å². The fourth-order valence-corrected chi connectivity index (χ4v) is 2.97. The number of hydrogen-bond acceptors (Lipinski definition) is 3. The number of carboxylic acid groups (broad SMARTS) is 1. The van der Waals surface area contributed by atoms with E-state index >= 15 is 0 Å². The van der Waals surface area contributed by atoms with E-state index in [-0.39, 0.29) is 12.5 Å². The Balaban J connectivity index is 1.86. The maximum atomic E-state index is 12.9. The molecule has 1 N–H and O–H groups in total. The topological polar surface area (TPSA) is 66.8 Å². The van der Waals surface area contributed by atoms with E-state index in [1.807, 2.05) is 12.1 Å². The zero-order valence-corrected chi connectivity index (χ0v) is 12.2. The van der Waals surface area contributed by atoms with Crippen molar-refractivity contribution in [3.8, 4) is 0 Å². The van der Waals surface area contributed by atoms with Crippen LogP contribution in [0.2, 0.25) is 5.02 Å². The molecule has 1 aliphatic carbocycles. The first-order valence-corrected chi connectivity index (χ1v) is 7.30. The summed E-state index contributed by atoms with van der Waals surface area (Å²) in [4.78, 5) is 25.6. The van der Waals surface area contributed by atoms with Crippen molar-refractivity contribution in [1.82, 2.24) is 4.90 Å². The van der Waals surface area contributed by atoms with Crippen LogP contribution < -0.4 is 0 Å². The highest BCUT2D eigenvalue weighted by molar-refractivity contribution is 6.30. The smallest absolute Gasteiger partial charge is 0.328 e. The lowest BCUT2D eigenvalue weighted by atomic mass is 9.93. The predicted octanol–water partition coefficient (Wildman–Crippen LogP) is 1.68. The largest absolute Gasteiger partial charge is 0.480 e. The number of hydrogen-bond donors (Lipinski definition) is 1. The molecular formula is C15H16ClNO4. The van der Waals surface area contributed by atoms with Crippen LogP contribution in [0, 0.1) is 0 Å². The Morgan fingerprint density at radius 2 is 1.95 bits per heavy atom. The number of carboxylic acids is 1. The van der Waals surface area contributed by atoms with Gasteiger partial charge in [-0.05, 0) is 30.5 Å². The maximum absolute atomic E-state index is 12.9. The summed E-state index contributed by atoms with van der Waals surface area (Å²) in [6.07, 6.45) is 1.49. The first-order chi connectivity index (χ1) is 10.0. The molecule has 5 nitrogen and oxygen atoms in total. The van der Waals surface area contributed by atoms with Gasteiger partial charge in [0, 0.05) is 11.6 Å². The van der Waals surface area contributed by atoms with Crippen LogP contribution in [0.5, 0.6) is 0 Å². The number of ether oxygens (including phenoxy) is 1. The van der Waals surface area contributed by atoms with Gasteiger partial charge < -0.3 is 14.7 Å². The van der Waals surface area contributed by atoms with E-state index in [1.165, 1.54) is 4.90 Å². The Kier molecular flexibility index (Phi) is 3.63. The summed E-state index contributed by atoms with van der Waals surface area (Å²) in [6.45, 7) is 0.759. The van der Waals surface area contributed by atoms with E-state index in [0.717, 1.165) is 18.4 Å². The number of benzene rings is 1. The van der Waals surface area contributed by atoms with Crippen molar-refractivity contribution in [3.05, 3.63) is 34.9 Å². The summed E-state index contributed by atoms with van der Waals surface area (Å²) in [7, 11) is 0. The summed E-state index contributed by atoms with van der Waals surface area (Å²) in [5, 5.41) is 9.88. The molecule has 0 aromatic heterocycles. The van der Waals surface area contributed by atoms with Gasteiger partial charge >= 0.3 is 5.97 Å². The standard InChI is InChI=1S/C15H16ClNO4/c16-11-3-1-10(2-4-11)15(5-6-15)14(20)17-7-8-21-9-12(17)13(18)19/h1-4,12H,5-9H2,(H,18,19)/t12-/m0/s1. The Labute approximate surface area is 127 Å². The molecule has 2 aliphatic rings. The van der Waals surface area contributed by atoms with E-state index < -0.39 is 17.4 Å². The number of carbonyl (C=O) groups excluding carboxylic acids is 1. The van der Waals surface area contributed by atoms with E-state index in [1.54, 1.807) is 12.1 Å². The Morgan fingerprint density at radius 3 is 2.52 bits per heavy atom. The number of amides is 1. The predicted molar refractivity (Wildman–Crippen MR) is 76.3 cm³/mol. The van der Waals surface area contributed by atoms with Crippen molar-refractivity contribution in [2.24, 2.45) is 0 Å². The van der Waals surface area contributed by atoms with Crippen LogP contribution in [-0.2, 0) is 19.7 Å². The van der Waals surface area contributed by atoms with E-state index in [2.05, 4.69) is 0 Å². The highest BCUT2D eigenvalue weighted by atomic mass is 35.5. The van der Waals surface area contributed by atoms with Crippen LogP contribution in [0.1, 0.15) is 18.4 Å². The number of carbonyl (C=O) groups is 2. The van der Waals surface area contributed by atoms with Gasteiger partial charge in [-0.25, -0.2) is 4.79 Å². The van der Waals surface area contributed by atoms with Gasteiger partial charge in [-0.15, -0.1) is 0 Å². The molecule has 0 spiro atoms. The van der Waals surface area contributed by atoms with Crippen molar-refractivity contribution in [2.45, 2.75) is 24.3 Å².